The van der Waals surface area contributed by atoms with Crippen molar-refractivity contribution in [1.29, 1.82) is 0 Å². The summed E-state index contributed by atoms with van der Waals surface area (Å²) in [6, 6.07) is 15.4. The fourth-order valence-electron chi connectivity index (χ4n) is 3.08. The zero-order valence-electron chi connectivity index (χ0n) is 15.9. The zero-order valence-corrected chi connectivity index (χ0v) is 16.8. The van der Waals surface area contributed by atoms with Crippen molar-refractivity contribution in [3.8, 4) is 11.5 Å². The lowest BCUT2D eigenvalue weighted by Gasteiger charge is -2.35. The number of nitrogens with zero attached hydrogens (tertiary/aromatic N) is 2. The number of sulfonamides is 1. The summed E-state index contributed by atoms with van der Waals surface area (Å²) < 4.78 is 37.7. The van der Waals surface area contributed by atoms with Gasteiger partial charge in [0.25, 0.3) is 5.91 Å². The third-order valence-electron chi connectivity index (χ3n) is 4.63. The maximum absolute atomic E-state index is 12.7. The summed E-state index contributed by atoms with van der Waals surface area (Å²) >= 11 is 0. The van der Waals surface area contributed by atoms with Gasteiger partial charge in [-0.15, -0.1) is 0 Å². The summed E-state index contributed by atoms with van der Waals surface area (Å²) in [5.41, 5.74) is 0. The van der Waals surface area contributed by atoms with Crippen molar-refractivity contribution in [3.05, 3.63) is 54.6 Å². The molecule has 0 bridgehead atoms. The Bertz CT molecular complexity index is 909. The van der Waals surface area contributed by atoms with E-state index in [9.17, 15) is 13.2 Å². The van der Waals surface area contributed by atoms with Gasteiger partial charge in [-0.25, -0.2) is 8.42 Å². The van der Waals surface area contributed by atoms with Gasteiger partial charge in [0.15, 0.2) is 6.10 Å². The molecule has 0 aliphatic carbocycles. The van der Waals surface area contributed by atoms with E-state index in [2.05, 4.69) is 0 Å². The van der Waals surface area contributed by atoms with Gasteiger partial charge in [-0.1, -0.05) is 24.3 Å². The molecule has 8 heteroatoms. The van der Waals surface area contributed by atoms with Crippen molar-refractivity contribution >= 4 is 15.9 Å². The number of methoxy groups -OCH3 is 1. The number of hydrogen-bond donors (Lipinski definition) is 0. The Balaban J connectivity index is 1.59. The van der Waals surface area contributed by atoms with Gasteiger partial charge < -0.3 is 14.4 Å². The molecule has 0 N–H and O–H groups in total. The molecule has 0 aromatic heterocycles. The molecule has 7 nitrogen and oxygen atoms in total. The molecule has 0 radical (unpaired) electrons. The van der Waals surface area contributed by atoms with E-state index in [0.29, 0.717) is 24.6 Å². The van der Waals surface area contributed by atoms with Crippen LogP contribution in [0.15, 0.2) is 59.5 Å². The predicted octanol–water partition coefficient (Wildman–Crippen LogP) is 2.00. The fourth-order valence-corrected chi connectivity index (χ4v) is 4.52. The average molecular weight is 404 g/mol. The van der Waals surface area contributed by atoms with Crippen molar-refractivity contribution < 1.29 is 22.7 Å². The molecule has 2 aromatic rings. The van der Waals surface area contributed by atoms with E-state index in [0.717, 1.165) is 0 Å². The van der Waals surface area contributed by atoms with Crippen molar-refractivity contribution in [3.63, 3.8) is 0 Å². The fraction of sp³-hybridized carbons (Fsp3) is 0.350. The van der Waals surface area contributed by atoms with Gasteiger partial charge in [0.2, 0.25) is 10.0 Å². The first kappa shape index (κ1) is 20.2. The van der Waals surface area contributed by atoms with E-state index < -0.39 is 16.1 Å². The summed E-state index contributed by atoms with van der Waals surface area (Å²) in [5.74, 6) is 1.03. The Morgan fingerprint density at radius 2 is 1.61 bits per heavy atom. The van der Waals surface area contributed by atoms with Gasteiger partial charge >= 0.3 is 0 Å². The number of hydrogen-bond acceptors (Lipinski definition) is 5. The van der Waals surface area contributed by atoms with E-state index in [1.807, 2.05) is 0 Å². The summed E-state index contributed by atoms with van der Waals surface area (Å²) in [5, 5.41) is 0. The van der Waals surface area contributed by atoms with Crippen LogP contribution < -0.4 is 9.47 Å². The van der Waals surface area contributed by atoms with Crippen LogP contribution in [0.2, 0.25) is 0 Å². The highest BCUT2D eigenvalue weighted by Gasteiger charge is 2.31. The normalized spacial score (nSPS) is 16.4. The second kappa shape index (κ2) is 8.62. The number of rotatable bonds is 6. The molecule has 0 spiro atoms. The SMILES string of the molecule is COc1cccc(O[C@H](C)C(=O)N2CCN(S(=O)(=O)c3ccccc3)CC2)c1. The van der Waals surface area contributed by atoms with Crippen LogP contribution in [0, 0.1) is 0 Å². The number of amides is 1. The topological polar surface area (TPSA) is 76.2 Å². The first-order valence-corrected chi connectivity index (χ1v) is 10.5. The third kappa shape index (κ3) is 4.45. The minimum Gasteiger partial charge on any atom is -0.497 e. The van der Waals surface area contributed by atoms with Crippen LogP contribution in [0.25, 0.3) is 0 Å². The van der Waals surface area contributed by atoms with Crippen molar-refractivity contribution in [1.82, 2.24) is 9.21 Å². The quantitative estimate of drug-likeness (QED) is 0.736. The first-order chi connectivity index (χ1) is 13.4. The number of piperazine rings is 1. The summed E-state index contributed by atoms with van der Waals surface area (Å²) in [6.07, 6.45) is -0.676. The minimum atomic E-state index is -3.54. The van der Waals surface area contributed by atoms with Crippen LogP contribution in [0.3, 0.4) is 0 Å². The molecule has 3 rings (SSSR count). The smallest absolute Gasteiger partial charge is 0.263 e. The highest BCUT2D eigenvalue weighted by Crippen LogP contribution is 2.21. The average Bonchev–Trinajstić information content (AvgIpc) is 2.74. The van der Waals surface area contributed by atoms with Crippen molar-refractivity contribution in [2.24, 2.45) is 0 Å². The second-order valence-corrected chi connectivity index (χ2v) is 8.42. The minimum absolute atomic E-state index is 0.167. The predicted molar refractivity (Wildman–Crippen MR) is 105 cm³/mol. The molecule has 28 heavy (non-hydrogen) atoms. The number of benzene rings is 2. The van der Waals surface area contributed by atoms with E-state index in [-0.39, 0.29) is 23.9 Å². The molecule has 2 aromatic carbocycles. The maximum atomic E-state index is 12.7. The molecule has 1 saturated heterocycles. The summed E-state index contributed by atoms with van der Waals surface area (Å²) in [6.45, 7) is 2.87. The van der Waals surface area contributed by atoms with Crippen molar-refractivity contribution in [2.75, 3.05) is 33.3 Å². The summed E-state index contributed by atoms with van der Waals surface area (Å²) in [4.78, 5) is 14.6. The van der Waals surface area contributed by atoms with E-state index in [1.165, 1.54) is 4.31 Å². The molecule has 0 saturated carbocycles. The lowest BCUT2D eigenvalue weighted by molar-refractivity contribution is -0.139. The first-order valence-electron chi connectivity index (χ1n) is 9.06. The van der Waals surface area contributed by atoms with E-state index in [4.69, 9.17) is 9.47 Å². The lowest BCUT2D eigenvalue weighted by atomic mass is 10.2. The molecule has 0 unspecified atom stereocenters. The van der Waals surface area contributed by atoms with E-state index in [1.54, 1.807) is 73.5 Å². The Hall–Kier alpha value is -2.58. The number of ether oxygens (including phenoxy) is 2. The van der Waals surface area contributed by atoms with Gasteiger partial charge in [0.05, 0.1) is 12.0 Å². The number of carbonyl (C=O) groups is 1. The molecule has 1 aliphatic rings. The third-order valence-corrected chi connectivity index (χ3v) is 6.55. The molecule has 1 fully saturated rings. The Morgan fingerprint density at radius 1 is 0.964 bits per heavy atom. The molecular formula is C20H24N2O5S. The van der Waals surface area contributed by atoms with Crippen LogP contribution in [-0.4, -0.2) is 62.9 Å². The van der Waals surface area contributed by atoms with Gasteiger partial charge in [-0.05, 0) is 31.2 Å². The highest BCUT2D eigenvalue weighted by atomic mass is 32.2. The van der Waals surface area contributed by atoms with Crippen LogP contribution in [-0.2, 0) is 14.8 Å². The van der Waals surface area contributed by atoms with Gasteiger partial charge in [0.1, 0.15) is 11.5 Å². The summed E-state index contributed by atoms with van der Waals surface area (Å²) in [7, 11) is -1.97. The Morgan fingerprint density at radius 3 is 2.25 bits per heavy atom. The van der Waals surface area contributed by atoms with E-state index >= 15 is 0 Å². The zero-order chi connectivity index (χ0) is 20.1. The van der Waals surface area contributed by atoms with Crippen LogP contribution >= 0.6 is 0 Å². The molecule has 1 amide bonds. The molecule has 1 aliphatic heterocycles. The monoisotopic (exact) mass is 404 g/mol. The molecule has 1 heterocycles. The van der Waals surface area contributed by atoms with Gasteiger partial charge in [-0.2, -0.15) is 4.31 Å². The lowest BCUT2D eigenvalue weighted by Crippen LogP contribution is -2.53. The molecule has 150 valence electrons. The van der Waals surface area contributed by atoms with Crippen LogP contribution in [0.1, 0.15) is 6.92 Å². The standard InChI is InChI=1S/C20H24N2O5S/c1-16(27-18-8-6-7-17(15-18)26-2)20(23)21-11-13-22(14-12-21)28(24,25)19-9-4-3-5-10-19/h3-10,15-16H,11-14H2,1-2H3/t16-/m1/s1. The Labute approximate surface area is 165 Å². The molecular weight excluding hydrogens is 380 g/mol. The van der Waals surface area contributed by atoms with Crippen molar-refractivity contribution in [2.45, 2.75) is 17.9 Å². The van der Waals surface area contributed by atoms with Gasteiger partial charge in [0, 0.05) is 32.2 Å². The highest BCUT2D eigenvalue weighted by molar-refractivity contribution is 7.89. The van der Waals surface area contributed by atoms with Crippen LogP contribution in [0.5, 0.6) is 11.5 Å². The van der Waals surface area contributed by atoms with Gasteiger partial charge in [-0.3, -0.25) is 4.79 Å². The molecule has 1 atom stereocenters. The van der Waals surface area contributed by atoms with Crippen LogP contribution in [0.4, 0.5) is 0 Å². The second-order valence-electron chi connectivity index (χ2n) is 6.48. The number of carbonyl (C=O) groups excluding carboxylic acids is 1. The Kier molecular flexibility index (Phi) is 6.21. The maximum Gasteiger partial charge on any atom is 0.263 e. The largest absolute Gasteiger partial charge is 0.497 e.